The molecule has 0 unspecified atom stereocenters. The number of aromatic nitrogens is 4. The van der Waals surface area contributed by atoms with Crippen LogP contribution in [0, 0.1) is 12.7 Å². The molecule has 2 fully saturated rings. The van der Waals surface area contributed by atoms with Gasteiger partial charge in [-0.15, -0.1) is 0 Å². The van der Waals surface area contributed by atoms with Gasteiger partial charge in [0, 0.05) is 67.2 Å². The van der Waals surface area contributed by atoms with Gasteiger partial charge < -0.3 is 19.4 Å². The normalized spacial score (nSPS) is 17.0. The molecule has 2 aliphatic heterocycles. The topological polar surface area (TPSA) is 90.5 Å². The fourth-order valence-electron chi connectivity index (χ4n) is 6.07. The maximum atomic E-state index is 16.7. The molecule has 220 valence electrons. The maximum absolute atomic E-state index is 16.7. The number of aromatic amines is 1. The molecule has 0 atom stereocenters. The van der Waals surface area contributed by atoms with Crippen molar-refractivity contribution in [3.8, 4) is 17.1 Å². The minimum absolute atomic E-state index is 0.0656. The Morgan fingerprint density at radius 3 is 2.55 bits per heavy atom. The first-order valence-corrected chi connectivity index (χ1v) is 14.8. The van der Waals surface area contributed by atoms with E-state index >= 15 is 4.39 Å². The molecule has 0 radical (unpaired) electrons. The largest absolute Gasteiger partial charge is 0.460 e. The van der Waals surface area contributed by atoms with Crippen molar-refractivity contribution in [1.82, 2.24) is 30.0 Å². The standard InChI is InChI=1S/C31H35ClFN7O2/c1-5-25(41)39-12-14-40(15-13-39)30-21-16-23(32)27(26-19(4)6-7-24-22(26)17-34-37-24)28(33)29(21)35-31(36-30)42-20-8-10-38(11-9-20)18(2)3/h5-7,16-18,20H,1,8-15H2,2-4H3,(H,34,37). The molecule has 1 N–H and O–H groups in total. The lowest BCUT2D eigenvalue weighted by molar-refractivity contribution is -0.126. The molecule has 4 aromatic rings. The van der Waals surface area contributed by atoms with E-state index in [9.17, 15) is 4.79 Å². The second-order valence-electron chi connectivity index (χ2n) is 11.3. The summed E-state index contributed by atoms with van der Waals surface area (Å²) < 4.78 is 23.1. The smallest absolute Gasteiger partial charge is 0.319 e. The molecule has 6 rings (SSSR count). The summed E-state index contributed by atoms with van der Waals surface area (Å²) in [6, 6.07) is 6.21. The molecule has 1 amide bonds. The van der Waals surface area contributed by atoms with Crippen LogP contribution in [0.3, 0.4) is 0 Å². The molecule has 11 heteroatoms. The summed E-state index contributed by atoms with van der Waals surface area (Å²) in [6.07, 6.45) is 4.63. The lowest BCUT2D eigenvalue weighted by Gasteiger charge is -2.36. The maximum Gasteiger partial charge on any atom is 0.319 e. The van der Waals surface area contributed by atoms with E-state index in [0.29, 0.717) is 49.0 Å². The summed E-state index contributed by atoms with van der Waals surface area (Å²) in [4.78, 5) is 27.9. The number of nitrogens with zero attached hydrogens (tertiary/aromatic N) is 6. The van der Waals surface area contributed by atoms with Crippen LogP contribution in [0.4, 0.5) is 10.2 Å². The van der Waals surface area contributed by atoms with Gasteiger partial charge in [0.2, 0.25) is 5.91 Å². The Morgan fingerprint density at radius 2 is 1.86 bits per heavy atom. The number of benzene rings is 2. The third-order valence-corrected chi connectivity index (χ3v) is 8.77. The van der Waals surface area contributed by atoms with Crippen LogP contribution < -0.4 is 9.64 Å². The molecule has 4 heterocycles. The van der Waals surface area contributed by atoms with Gasteiger partial charge in [0.25, 0.3) is 0 Å². The number of halogens is 2. The van der Waals surface area contributed by atoms with E-state index in [2.05, 4.69) is 40.5 Å². The van der Waals surface area contributed by atoms with E-state index in [1.807, 2.05) is 24.0 Å². The summed E-state index contributed by atoms with van der Waals surface area (Å²) >= 11 is 6.87. The molecule has 42 heavy (non-hydrogen) atoms. The molecule has 2 aromatic heterocycles. The fraction of sp³-hybridized carbons (Fsp3) is 0.419. The van der Waals surface area contributed by atoms with E-state index in [4.69, 9.17) is 21.3 Å². The van der Waals surface area contributed by atoms with Gasteiger partial charge in [0.1, 0.15) is 17.4 Å². The summed E-state index contributed by atoms with van der Waals surface area (Å²) in [5.74, 6) is -0.0923. The number of anilines is 1. The second-order valence-corrected chi connectivity index (χ2v) is 11.7. The molecule has 2 saturated heterocycles. The second kappa shape index (κ2) is 11.5. The van der Waals surface area contributed by atoms with Crippen molar-refractivity contribution in [2.75, 3.05) is 44.2 Å². The fourth-order valence-corrected chi connectivity index (χ4v) is 6.35. The number of piperidine rings is 1. The van der Waals surface area contributed by atoms with Crippen LogP contribution in [0.15, 0.2) is 37.1 Å². The Hall–Kier alpha value is -3.76. The Labute approximate surface area is 249 Å². The van der Waals surface area contributed by atoms with Crippen molar-refractivity contribution in [3.05, 3.63) is 53.5 Å². The zero-order chi connectivity index (χ0) is 29.5. The van der Waals surface area contributed by atoms with Crippen LogP contribution in [0.2, 0.25) is 5.02 Å². The Bertz CT molecular complexity index is 1660. The van der Waals surface area contributed by atoms with Crippen LogP contribution in [0.1, 0.15) is 32.3 Å². The number of H-pyrrole nitrogens is 1. The number of likely N-dealkylation sites (tertiary alicyclic amines) is 1. The van der Waals surface area contributed by atoms with Gasteiger partial charge in [-0.05, 0) is 57.4 Å². The number of rotatable bonds is 6. The SMILES string of the molecule is C=CC(=O)N1CCN(c2nc(OC3CCN(C(C)C)CC3)nc3c(F)c(-c4c(C)ccc5[nH]ncc45)c(Cl)cc23)CC1. The highest BCUT2D eigenvalue weighted by Gasteiger charge is 2.29. The van der Waals surface area contributed by atoms with Gasteiger partial charge in [0.15, 0.2) is 5.82 Å². The number of hydrogen-bond donors (Lipinski definition) is 1. The molecule has 2 aliphatic rings. The van der Waals surface area contributed by atoms with Crippen molar-refractivity contribution in [2.24, 2.45) is 0 Å². The molecule has 2 aromatic carbocycles. The van der Waals surface area contributed by atoms with Crippen molar-refractivity contribution in [2.45, 2.75) is 45.8 Å². The van der Waals surface area contributed by atoms with Gasteiger partial charge >= 0.3 is 6.01 Å². The third-order valence-electron chi connectivity index (χ3n) is 8.47. The van der Waals surface area contributed by atoms with E-state index in [1.54, 1.807) is 17.2 Å². The van der Waals surface area contributed by atoms with E-state index < -0.39 is 5.82 Å². The van der Waals surface area contributed by atoms with Crippen LogP contribution in [0.25, 0.3) is 32.9 Å². The number of aryl methyl sites for hydroxylation is 1. The molecule has 0 spiro atoms. The van der Waals surface area contributed by atoms with Crippen LogP contribution in [0.5, 0.6) is 6.01 Å². The quantitative estimate of drug-likeness (QED) is 0.302. The molecule has 9 nitrogen and oxygen atoms in total. The first kappa shape index (κ1) is 28.4. The van der Waals surface area contributed by atoms with Gasteiger partial charge in [-0.2, -0.15) is 15.1 Å². The highest BCUT2D eigenvalue weighted by molar-refractivity contribution is 6.35. The van der Waals surface area contributed by atoms with E-state index in [0.717, 1.165) is 42.4 Å². The summed E-state index contributed by atoms with van der Waals surface area (Å²) in [5, 5.41) is 8.67. The first-order chi connectivity index (χ1) is 20.2. The zero-order valence-corrected chi connectivity index (χ0v) is 24.9. The number of piperazine rings is 1. The van der Waals surface area contributed by atoms with E-state index in [-0.39, 0.29) is 34.1 Å². The summed E-state index contributed by atoms with van der Waals surface area (Å²) in [7, 11) is 0. The van der Waals surface area contributed by atoms with Crippen molar-refractivity contribution in [3.63, 3.8) is 0 Å². The zero-order valence-electron chi connectivity index (χ0n) is 24.2. The Balaban J connectivity index is 1.44. The van der Waals surface area contributed by atoms with Gasteiger partial charge in [0.05, 0.1) is 16.7 Å². The number of carbonyl (C=O) groups excluding carboxylic acids is 1. The first-order valence-electron chi connectivity index (χ1n) is 14.4. The van der Waals surface area contributed by atoms with Crippen molar-refractivity contribution in [1.29, 1.82) is 0 Å². The number of nitrogens with one attached hydrogen (secondary N) is 1. The minimum Gasteiger partial charge on any atom is -0.460 e. The van der Waals surface area contributed by atoms with Crippen LogP contribution in [-0.2, 0) is 4.79 Å². The Morgan fingerprint density at radius 1 is 1.12 bits per heavy atom. The number of carbonyl (C=O) groups is 1. The van der Waals surface area contributed by atoms with Gasteiger partial charge in [-0.1, -0.05) is 24.2 Å². The van der Waals surface area contributed by atoms with Crippen molar-refractivity contribution < 1.29 is 13.9 Å². The third kappa shape index (κ3) is 5.18. The number of amides is 1. The lowest BCUT2D eigenvalue weighted by atomic mass is 9.95. The van der Waals surface area contributed by atoms with Crippen LogP contribution >= 0.6 is 11.6 Å². The average molecular weight is 592 g/mol. The van der Waals surface area contributed by atoms with Crippen molar-refractivity contribution >= 4 is 45.1 Å². The number of fused-ring (bicyclic) bond motifs is 2. The number of ether oxygens (including phenoxy) is 1. The molecular formula is C31H35ClFN7O2. The average Bonchev–Trinajstić information content (AvgIpc) is 3.47. The highest BCUT2D eigenvalue weighted by atomic mass is 35.5. The molecule has 0 aliphatic carbocycles. The molecular weight excluding hydrogens is 557 g/mol. The molecule has 0 saturated carbocycles. The highest BCUT2D eigenvalue weighted by Crippen LogP contribution is 2.42. The summed E-state index contributed by atoms with van der Waals surface area (Å²) in [6.45, 7) is 13.8. The monoisotopic (exact) mass is 591 g/mol. The predicted molar refractivity (Wildman–Crippen MR) is 164 cm³/mol. The van der Waals surface area contributed by atoms with E-state index in [1.165, 1.54) is 6.08 Å². The van der Waals surface area contributed by atoms with Gasteiger partial charge in [-0.25, -0.2) is 4.39 Å². The lowest BCUT2D eigenvalue weighted by Crippen LogP contribution is -2.48. The van der Waals surface area contributed by atoms with Gasteiger partial charge in [-0.3, -0.25) is 9.89 Å². The molecule has 0 bridgehead atoms. The minimum atomic E-state index is -0.530. The Kier molecular flexibility index (Phi) is 7.76. The predicted octanol–water partition coefficient (Wildman–Crippen LogP) is 5.36. The number of hydrogen-bond acceptors (Lipinski definition) is 7. The summed E-state index contributed by atoms with van der Waals surface area (Å²) in [5.41, 5.74) is 2.76. The van der Waals surface area contributed by atoms with Crippen LogP contribution in [-0.4, -0.2) is 87.3 Å².